The van der Waals surface area contributed by atoms with Gasteiger partial charge in [0.2, 0.25) is 6.79 Å². The summed E-state index contributed by atoms with van der Waals surface area (Å²) in [4.78, 5) is 41.7. The van der Waals surface area contributed by atoms with E-state index in [1.54, 1.807) is 45.8 Å². The van der Waals surface area contributed by atoms with Gasteiger partial charge in [0.15, 0.2) is 11.5 Å². The summed E-state index contributed by atoms with van der Waals surface area (Å²) in [6, 6.07) is 10.9. The summed E-state index contributed by atoms with van der Waals surface area (Å²) in [7, 11) is 0. The molecule has 0 saturated carbocycles. The minimum absolute atomic E-state index is 0.0159. The van der Waals surface area contributed by atoms with Gasteiger partial charge in [0, 0.05) is 9.75 Å². The van der Waals surface area contributed by atoms with Crippen LogP contribution in [0.3, 0.4) is 0 Å². The number of amides is 3. The second-order valence-corrected chi connectivity index (χ2v) is 11.7. The number of nitrogens with zero attached hydrogens (tertiary/aromatic N) is 1. The molecule has 3 atom stereocenters. The maximum atomic E-state index is 13.3. The standard InChI is InChI=1S/C29H35N3O7S2/c1-3-4-7-21(17-37-29(36)32(16-22-8-5-12-40-22)19(2)26-9-6-13-41-26)30-28(35)31-23(15-27(33)34)20-10-11-24-25(14-20)39-18-38-24/h5-6,8-14,19,21,23H,3-4,7,15-18H2,1-2H3,(H,33,34)(H2,30,31,35)/t19?,21-,23+/m0/s1. The number of aliphatic carboxylic acids is 1. The molecule has 0 fully saturated rings. The van der Waals surface area contributed by atoms with Gasteiger partial charge in [0.05, 0.1) is 31.1 Å². The van der Waals surface area contributed by atoms with Gasteiger partial charge in [-0.15, -0.1) is 22.7 Å². The third-order valence-corrected chi connectivity index (χ3v) is 8.60. The molecule has 1 unspecified atom stereocenters. The monoisotopic (exact) mass is 601 g/mol. The van der Waals surface area contributed by atoms with Crippen molar-refractivity contribution in [3.63, 3.8) is 0 Å². The molecule has 1 aromatic carbocycles. The highest BCUT2D eigenvalue weighted by molar-refractivity contribution is 7.10. The van der Waals surface area contributed by atoms with E-state index in [0.717, 1.165) is 22.6 Å². The molecule has 1 aliphatic rings. The van der Waals surface area contributed by atoms with E-state index in [2.05, 4.69) is 10.6 Å². The van der Waals surface area contributed by atoms with Crippen LogP contribution in [0.2, 0.25) is 0 Å². The van der Waals surface area contributed by atoms with Gasteiger partial charge >= 0.3 is 18.1 Å². The maximum Gasteiger partial charge on any atom is 0.410 e. The van der Waals surface area contributed by atoms with Gasteiger partial charge in [-0.25, -0.2) is 9.59 Å². The van der Waals surface area contributed by atoms with E-state index >= 15 is 0 Å². The Labute approximate surface area is 247 Å². The minimum Gasteiger partial charge on any atom is -0.481 e. The number of urea groups is 1. The Morgan fingerprint density at radius 2 is 1.85 bits per heavy atom. The van der Waals surface area contributed by atoms with Crippen LogP contribution in [0.25, 0.3) is 0 Å². The van der Waals surface area contributed by atoms with Crippen LogP contribution in [-0.4, -0.2) is 47.5 Å². The number of thiophene rings is 2. The Kier molecular flexibility index (Phi) is 10.9. The van der Waals surface area contributed by atoms with Gasteiger partial charge in [-0.05, 0) is 53.9 Å². The molecule has 41 heavy (non-hydrogen) atoms. The number of hydrogen-bond donors (Lipinski definition) is 3. The van der Waals surface area contributed by atoms with E-state index in [4.69, 9.17) is 14.2 Å². The summed E-state index contributed by atoms with van der Waals surface area (Å²) in [5.41, 5.74) is 0.579. The molecule has 4 rings (SSSR count). The molecule has 0 radical (unpaired) electrons. The number of fused-ring (bicyclic) bond motifs is 1. The quantitative estimate of drug-likeness (QED) is 0.198. The van der Waals surface area contributed by atoms with Crippen molar-refractivity contribution in [2.24, 2.45) is 0 Å². The topological polar surface area (TPSA) is 126 Å². The summed E-state index contributed by atoms with van der Waals surface area (Å²) in [6.07, 6.45) is 1.52. The second kappa shape index (κ2) is 14.7. The van der Waals surface area contributed by atoms with Crippen LogP contribution in [0.1, 0.15) is 66.9 Å². The molecule has 0 saturated heterocycles. The zero-order chi connectivity index (χ0) is 29.2. The fraction of sp³-hybridized carbons (Fsp3) is 0.414. The average Bonchev–Trinajstić information content (AvgIpc) is 3.74. The Hall–Kier alpha value is -3.77. The predicted molar refractivity (Wildman–Crippen MR) is 156 cm³/mol. The largest absolute Gasteiger partial charge is 0.481 e. The van der Waals surface area contributed by atoms with Crippen molar-refractivity contribution >= 4 is 40.8 Å². The van der Waals surface area contributed by atoms with Crippen molar-refractivity contribution in [1.82, 2.24) is 15.5 Å². The number of carboxylic acids is 1. The molecule has 0 spiro atoms. The van der Waals surface area contributed by atoms with Crippen molar-refractivity contribution in [1.29, 1.82) is 0 Å². The number of carbonyl (C=O) groups is 3. The van der Waals surface area contributed by atoms with Crippen LogP contribution in [0.5, 0.6) is 11.5 Å². The normalized spacial score (nSPS) is 14.1. The lowest BCUT2D eigenvalue weighted by atomic mass is 10.0. The molecule has 0 aliphatic carbocycles. The molecule has 0 bridgehead atoms. The van der Waals surface area contributed by atoms with Crippen molar-refractivity contribution in [2.75, 3.05) is 13.4 Å². The smallest absolute Gasteiger partial charge is 0.410 e. The SMILES string of the molecule is CCCC[C@@H](COC(=O)N(Cc1cccs1)C(C)c1cccs1)NC(=O)N[C@H](CC(=O)O)c1ccc2c(c1)OCO2. The van der Waals surface area contributed by atoms with Crippen molar-refractivity contribution in [3.05, 3.63) is 68.5 Å². The van der Waals surface area contributed by atoms with Gasteiger partial charge in [0.1, 0.15) is 6.61 Å². The van der Waals surface area contributed by atoms with Crippen molar-refractivity contribution < 1.29 is 33.7 Å². The summed E-state index contributed by atoms with van der Waals surface area (Å²) in [5.74, 6) is 0.00192. The van der Waals surface area contributed by atoms with Crippen LogP contribution in [-0.2, 0) is 16.1 Å². The number of unbranched alkanes of at least 4 members (excludes halogenated alkanes) is 1. The molecule has 3 aromatic rings. The van der Waals surface area contributed by atoms with Gasteiger partial charge in [-0.2, -0.15) is 0 Å². The third kappa shape index (κ3) is 8.61. The van der Waals surface area contributed by atoms with Gasteiger partial charge in [-0.3, -0.25) is 9.69 Å². The molecule has 1 aliphatic heterocycles. The Balaban J connectivity index is 1.40. The zero-order valence-electron chi connectivity index (χ0n) is 23.0. The maximum absolute atomic E-state index is 13.3. The van der Waals surface area contributed by atoms with Crippen LogP contribution in [0.15, 0.2) is 53.2 Å². The molecule has 2 aromatic heterocycles. The lowest BCUT2D eigenvalue weighted by Crippen LogP contribution is -2.46. The molecule has 12 heteroatoms. The summed E-state index contributed by atoms with van der Waals surface area (Å²) in [6.45, 7) is 4.50. The van der Waals surface area contributed by atoms with Crippen molar-refractivity contribution in [2.45, 2.75) is 64.2 Å². The molecule has 10 nitrogen and oxygen atoms in total. The number of carbonyl (C=O) groups excluding carboxylic acids is 2. The van der Waals surface area contributed by atoms with E-state index in [1.165, 1.54) is 0 Å². The lowest BCUT2D eigenvalue weighted by Gasteiger charge is -2.29. The minimum atomic E-state index is -1.06. The van der Waals surface area contributed by atoms with Gasteiger partial charge < -0.3 is 30.0 Å². The molecule has 3 N–H and O–H groups in total. The number of ether oxygens (including phenoxy) is 3. The highest BCUT2D eigenvalue weighted by Crippen LogP contribution is 2.35. The summed E-state index contributed by atoms with van der Waals surface area (Å²) in [5, 5.41) is 19.1. The Bertz CT molecular complexity index is 1280. The molecule has 3 heterocycles. The first-order chi connectivity index (χ1) is 19.8. The van der Waals surface area contributed by atoms with Crippen LogP contribution < -0.4 is 20.1 Å². The van der Waals surface area contributed by atoms with Crippen molar-refractivity contribution in [3.8, 4) is 11.5 Å². The van der Waals surface area contributed by atoms with Crippen LogP contribution in [0, 0.1) is 0 Å². The van der Waals surface area contributed by atoms with Crippen LogP contribution in [0.4, 0.5) is 9.59 Å². The Morgan fingerprint density at radius 3 is 2.56 bits per heavy atom. The number of benzene rings is 1. The zero-order valence-corrected chi connectivity index (χ0v) is 24.7. The molecule has 3 amide bonds. The van der Waals surface area contributed by atoms with Gasteiger partial charge in [0.25, 0.3) is 0 Å². The lowest BCUT2D eigenvalue weighted by molar-refractivity contribution is -0.137. The van der Waals surface area contributed by atoms with Crippen LogP contribution >= 0.6 is 22.7 Å². The Morgan fingerprint density at radius 1 is 1.07 bits per heavy atom. The average molecular weight is 602 g/mol. The molecular formula is C29H35N3O7S2. The number of nitrogens with one attached hydrogen (secondary N) is 2. The van der Waals surface area contributed by atoms with E-state index in [-0.39, 0.29) is 25.9 Å². The van der Waals surface area contributed by atoms with E-state index in [1.807, 2.05) is 48.9 Å². The van der Waals surface area contributed by atoms with Gasteiger partial charge in [-0.1, -0.05) is 38.0 Å². The highest BCUT2D eigenvalue weighted by Gasteiger charge is 2.27. The van der Waals surface area contributed by atoms with E-state index in [0.29, 0.717) is 30.0 Å². The second-order valence-electron chi connectivity index (χ2n) is 9.70. The predicted octanol–water partition coefficient (Wildman–Crippen LogP) is 6.31. The fourth-order valence-corrected chi connectivity index (χ4v) is 5.96. The highest BCUT2D eigenvalue weighted by atomic mass is 32.1. The number of rotatable bonds is 14. The number of hydrogen-bond acceptors (Lipinski definition) is 8. The summed E-state index contributed by atoms with van der Waals surface area (Å²) < 4.78 is 16.5. The summed E-state index contributed by atoms with van der Waals surface area (Å²) >= 11 is 3.15. The van der Waals surface area contributed by atoms with E-state index in [9.17, 15) is 19.5 Å². The molecular weight excluding hydrogens is 566 g/mol. The first-order valence-corrected chi connectivity index (χ1v) is 15.3. The van der Waals surface area contributed by atoms with E-state index < -0.39 is 30.2 Å². The first-order valence-electron chi connectivity index (χ1n) is 13.5. The fourth-order valence-electron chi connectivity index (χ4n) is 4.46. The number of carboxylic acid groups (broad SMARTS) is 1. The molecule has 220 valence electrons. The third-order valence-electron chi connectivity index (χ3n) is 6.70. The first kappa shape index (κ1) is 30.2.